The Morgan fingerprint density at radius 2 is 1.74 bits per heavy atom. The molecular weight excluding hydrogens is 394 g/mol. The molecule has 1 aliphatic heterocycles. The lowest BCUT2D eigenvalue weighted by atomic mass is 10.1. The first-order valence-electron chi connectivity index (χ1n) is 10.5. The fraction of sp³-hybridized carbons (Fsp3) is 0.458. The highest BCUT2D eigenvalue weighted by atomic mass is 16.5. The second-order valence-corrected chi connectivity index (χ2v) is 7.54. The summed E-state index contributed by atoms with van der Waals surface area (Å²) in [5, 5.41) is 3.45. The quantitative estimate of drug-likeness (QED) is 0.489. The van der Waals surface area contributed by atoms with Crippen LogP contribution >= 0.6 is 0 Å². The van der Waals surface area contributed by atoms with Gasteiger partial charge in [0, 0.05) is 32.6 Å². The Balaban J connectivity index is 1.51. The van der Waals surface area contributed by atoms with Gasteiger partial charge in [-0.3, -0.25) is 4.99 Å². The van der Waals surface area contributed by atoms with Crippen LogP contribution in [-0.4, -0.2) is 58.9 Å². The van der Waals surface area contributed by atoms with Crippen LogP contribution in [0.3, 0.4) is 0 Å². The molecule has 1 saturated heterocycles. The lowest BCUT2D eigenvalue weighted by Gasteiger charge is -2.22. The highest BCUT2D eigenvalue weighted by molar-refractivity contribution is 5.80. The number of likely N-dealkylation sites (tertiary alicyclic amines) is 1. The zero-order valence-corrected chi connectivity index (χ0v) is 18.9. The van der Waals surface area contributed by atoms with Crippen molar-refractivity contribution in [1.82, 2.24) is 10.2 Å². The van der Waals surface area contributed by atoms with Gasteiger partial charge in [0.05, 0.1) is 34.5 Å². The molecule has 2 aromatic rings. The maximum Gasteiger partial charge on any atom is 0.203 e. The molecule has 1 aliphatic rings. The Morgan fingerprint density at radius 1 is 1.03 bits per heavy atom. The van der Waals surface area contributed by atoms with E-state index in [1.165, 1.54) is 5.56 Å². The summed E-state index contributed by atoms with van der Waals surface area (Å²) in [6.07, 6.45) is 1.10. The van der Waals surface area contributed by atoms with Gasteiger partial charge in [-0.1, -0.05) is 30.3 Å². The molecule has 1 N–H and O–H groups in total. The molecule has 1 heterocycles. The fourth-order valence-corrected chi connectivity index (χ4v) is 3.83. The highest BCUT2D eigenvalue weighted by Crippen LogP contribution is 2.38. The van der Waals surface area contributed by atoms with Gasteiger partial charge in [-0.25, -0.2) is 0 Å². The fourth-order valence-electron chi connectivity index (χ4n) is 3.83. The Kier molecular flexibility index (Phi) is 8.41. The molecular formula is C24H33N3O4. The first-order valence-corrected chi connectivity index (χ1v) is 10.5. The van der Waals surface area contributed by atoms with Gasteiger partial charge in [0.15, 0.2) is 17.5 Å². The molecule has 0 spiro atoms. The minimum atomic E-state index is 0.503. The highest BCUT2D eigenvalue weighted by Gasteiger charge is 2.25. The van der Waals surface area contributed by atoms with Crippen LogP contribution in [0.5, 0.6) is 17.2 Å². The third-order valence-corrected chi connectivity index (χ3v) is 5.44. The first-order chi connectivity index (χ1) is 15.2. The lowest BCUT2D eigenvalue weighted by Crippen LogP contribution is -2.39. The van der Waals surface area contributed by atoms with E-state index < -0.39 is 0 Å². The van der Waals surface area contributed by atoms with Gasteiger partial charge in [0.2, 0.25) is 5.75 Å². The monoisotopic (exact) mass is 427 g/mol. The van der Waals surface area contributed by atoms with Crippen LogP contribution in [-0.2, 0) is 17.9 Å². The zero-order valence-electron chi connectivity index (χ0n) is 18.9. The van der Waals surface area contributed by atoms with Crippen molar-refractivity contribution < 1.29 is 18.9 Å². The standard InChI is InChI=1S/C24H33N3O4/c1-25-24(26-14-20-12-21(28-2)23(30-4)22(13-20)29-3)27-11-10-19(15-27)17-31-16-18-8-6-5-7-9-18/h5-9,12-13,19H,10-11,14-17H2,1-4H3,(H,25,26). The molecule has 1 fully saturated rings. The number of nitrogens with zero attached hydrogens (tertiary/aromatic N) is 2. The summed E-state index contributed by atoms with van der Waals surface area (Å²) in [4.78, 5) is 6.76. The Labute approximate surface area is 185 Å². The number of methoxy groups -OCH3 is 3. The average Bonchev–Trinajstić information content (AvgIpc) is 3.28. The molecule has 3 rings (SSSR count). The Bertz CT molecular complexity index is 832. The van der Waals surface area contributed by atoms with Gasteiger partial charge in [0.1, 0.15) is 0 Å². The molecule has 1 unspecified atom stereocenters. The normalized spacial score (nSPS) is 16.3. The minimum absolute atomic E-state index is 0.503. The maximum atomic E-state index is 5.94. The van der Waals surface area contributed by atoms with E-state index in [-0.39, 0.29) is 0 Å². The molecule has 0 amide bonds. The lowest BCUT2D eigenvalue weighted by molar-refractivity contribution is 0.0906. The number of ether oxygens (including phenoxy) is 4. The largest absolute Gasteiger partial charge is 0.493 e. The SMILES string of the molecule is CN=C(NCc1cc(OC)c(OC)c(OC)c1)N1CCC(COCc2ccccc2)C1. The predicted molar refractivity (Wildman–Crippen MR) is 122 cm³/mol. The summed E-state index contributed by atoms with van der Waals surface area (Å²) in [6.45, 7) is 3.92. The molecule has 168 valence electrons. The second-order valence-electron chi connectivity index (χ2n) is 7.54. The smallest absolute Gasteiger partial charge is 0.203 e. The summed E-state index contributed by atoms with van der Waals surface area (Å²) < 4.78 is 22.2. The molecule has 0 radical (unpaired) electrons. The van der Waals surface area contributed by atoms with E-state index in [1.807, 2.05) is 37.4 Å². The van der Waals surface area contributed by atoms with Crippen molar-refractivity contribution in [3.05, 3.63) is 53.6 Å². The van der Waals surface area contributed by atoms with E-state index >= 15 is 0 Å². The van der Waals surface area contributed by atoms with E-state index in [1.54, 1.807) is 21.3 Å². The van der Waals surface area contributed by atoms with E-state index in [0.717, 1.165) is 37.6 Å². The van der Waals surface area contributed by atoms with Gasteiger partial charge in [0.25, 0.3) is 0 Å². The van der Waals surface area contributed by atoms with Gasteiger partial charge in [-0.2, -0.15) is 0 Å². The van der Waals surface area contributed by atoms with E-state index in [2.05, 4.69) is 27.3 Å². The predicted octanol–water partition coefficient (Wildman–Crippen LogP) is 3.33. The molecule has 7 nitrogen and oxygen atoms in total. The summed E-state index contributed by atoms with van der Waals surface area (Å²) >= 11 is 0. The van der Waals surface area contributed by atoms with Crippen molar-refractivity contribution in [2.75, 3.05) is 48.1 Å². The van der Waals surface area contributed by atoms with E-state index in [0.29, 0.717) is 36.3 Å². The third-order valence-electron chi connectivity index (χ3n) is 5.44. The summed E-state index contributed by atoms with van der Waals surface area (Å²) in [6, 6.07) is 14.2. The van der Waals surface area contributed by atoms with Gasteiger partial charge >= 0.3 is 0 Å². The summed E-state index contributed by atoms with van der Waals surface area (Å²) in [5.74, 6) is 3.27. The number of guanidine groups is 1. The van der Waals surface area contributed by atoms with Crippen molar-refractivity contribution in [2.45, 2.75) is 19.6 Å². The van der Waals surface area contributed by atoms with Crippen LogP contribution in [0.15, 0.2) is 47.5 Å². The van der Waals surface area contributed by atoms with Crippen LogP contribution in [0.4, 0.5) is 0 Å². The second kappa shape index (κ2) is 11.5. The van der Waals surface area contributed by atoms with Crippen LogP contribution in [0, 0.1) is 5.92 Å². The summed E-state index contributed by atoms with van der Waals surface area (Å²) in [5.41, 5.74) is 2.23. The van der Waals surface area contributed by atoms with Crippen molar-refractivity contribution in [1.29, 1.82) is 0 Å². The van der Waals surface area contributed by atoms with Crippen molar-refractivity contribution >= 4 is 5.96 Å². The van der Waals surface area contributed by atoms with Gasteiger partial charge < -0.3 is 29.2 Å². The molecule has 1 atom stereocenters. The third kappa shape index (κ3) is 6.04. The maximum absolute atomic E-state index is 5.94. The summed E-state index contributed by atoms with van der Waals surface area (Å²) in [7, 11) is 6.67. The van der Waals surface area contributed by atoms with Crippen LogP contribution in [0.2, 0.25) is 0 Å². The zero-order chi connectivity index (χ0) is 22.1. The van der Waals surface area contributed by atoms with E-state index in [4.69, 9.17) is 18.9 Å². The molecule has 2 aromatic carbocycles. The Morgan fingerprint density at radius 3 is 2.35 bits per heavy atom. The number of benzene rings is 2. The topological polar surface area (TPSA) is 64.6 Å². The molecule has 0 aromatic heterocycles. The van der Waals surface area contributed by atoms with Crippen LogP contribution in [0.25, 0.3) is 0 Å². The van der Waals surface area contributed by atoms with Crippen molar-refractivity contribution in [2.24, 2.45) is 10.9 Å². The number of hydrogen-bond donors (Lipinski definition) is 1. The van der Waals surface area contributed by atoms with Gasteiger partial charge in [-0.05, 0) is 29.7 Å². The molecule has 0 saturated carbocycles. The van der Waals surface area contributed by atoms with Crippen molar-refractivity contribution in [3.63, 3.8) is 0 Å². The number of aliphatic imine (C=N–C) groups is 1. The Hall–Kier alpha value is -2.93. The number of nitrogens with one attached hydrogen (secondary N) is 1. The molecule has 31 heavy (non-hydrogen) atoms. The average molecular weight is 428 g/mol. The van der Waals surface area contributed by atoms with E-state index in [9.17, 15) is 0 Å². The van der Waals surface area contributed by atoms with Crippen molar-refractivity contribution in [3.8, 4) is 17.2 Å². The minimum Gasteiger partial charge on any atom is -0.493 e. The molecule has 7 heteroatoms. The van der Waals surface area contributed by atoms with Crippen LogP contribution in [0.1, 0.15) is 17.5 Å². The number of rotatable bonds is 9. The number of hydrogen-bond acceptors (Lipinski definition) is 5. The molecule has 0 bridgehead atoms. The first kappa shape index (κ1) is 22.7. The molecule has 0 aliphatic carbocycles. The van der Waals surface area contributed by atoms with Gasteiger partial charge in [-0.15, -0.1) is 0 Å². The van der Waals surface area contributed by atoms with Crippen LogP contribution < -0.4 is 19.5 Å².